The molecule has 1 heterocycles. The van der Waals surface area contributed by atoms with Crippen molar-refractivity contribution < 1.29 is 9.47 Å². The second kappa shape index (κ2) is 5.33. The number of ether oxygens (including phenoxy) is 2. The normalized spacial score (nSPS) is 17.8. The fourth-order valence-electron chi connectivity index (χ4n) is 2.35. The Kier molecular flexibility index (Phi) is 3.38. The summed E-state index contributed by atoms with van der Waals surface area (Å²) in [5.74, 6) is 0.820. The van der Waals surface area contributed by atoms with E-state index >= 15 is 0 Å². The van der Waals surface area contributed by atoms with E-state index in [0.717, 1.165) is 24.5 Å². The molecule has 3 heteroatoms. The summed E-state index contributed by atoms with van der Waals surface area (Å²) in [6.45, 7) is 1.29. The lowest BCUT2D eigenvalue weighted by atomic mass is 9.98. The van der Waals surface area contributed by atoms with Crippen LogP contribution in [0, 0.1) is 0 Å². The molecule has 3 nitrogen and oxygen atoms in total. The molecule has 1 aliphatic rings. The highest BCUT2D eigenvalue weighted by Crippen LogP contribution is 2.27. The Morgan fingerprint density at radius 3 is 2.74 bits per heavy atom. The van der Waals surface area contributed by atoms with E-state index in [4.69, 9.17) is 15.2 Å². The van der Waals surface area contributed by atoms with Crippen LogP contribution in [0.4, 0.5) is 5.69 Å². The number of hydrogen-bond acceptors (Lipinski definition) is 3. The number of benzene rings is 2. The van der Waals surface area contributed by atoms with Crippen LogP contribution in [-0.4, -0.2) is 13.2 Å². The molecular formula is C16H17NO2. The molecule has 0 amide bonds. The lowest BCUT2D eigenvalue weighted by molar-refractivity contribution is 0.0102. The topological polar surface area (TPSA) is 44.5 Å². The fraction of sp³-hybridized carbons (Fsp3) is 0.250. The highest BCUT2D eigenvalue weighted by atomic mass is 16.5. The summed E-state index contributed by atoms with van der Waals surface area (Å²) in [5, 5.41) is 0. The van der Waals surface area contributed by atoms with Gasteiger partial charge >= 0.3 is 0 Å². The van der Waals surface area contributed by atoms with Gasteiger partial charge in [-0.1, -0.05) is 24.3 Å². The number of nitrogen functional groups attached to an aromatic ring is 1. The highest BCUT2D eigenvalue weighted by Gasteiger charge is 2.20. The fourth-order valence-corrected chi connectivity index (χ4v) is 2.35. The first kappa shape index (κ1) is 12.1. The zero-order valence-electron chi connectivity index (χ0n) is 10.7. The SMILES string of the molecule is Nc1ccc(OCC2OCCc3ccccc32)cc1. The first-order valence-corrected chi connectivity index (χ1v) is 6.51. The van der Waals surface area contributed by atoms with Crippen molar-refractivity contribution >= 4 is 5.69 Å². The zero-order chi connectivity index (χ0) is 13.1. The van der Waals surface area contributed by atoms with Crippen molar-refractivity contribution in [2.45, 2.75) is 12.5 Å². The van der Waals surface area contributed by atoms with E-state index < -0.39 is 0 Å². The van der Waals surface area contributed by atoms with Crippen LogP contribution in [0.3, 0.4) is 0 Å². The molecule has 2 aromatic rings. The zero-order valence-corrected chi connectivity index (χ0v) is 10.7. The van der Waals surface area contributed by atoms with Crippen molar-refractivity contribution in [3.63, 3.8) is 0 Å². The van der Waals surface area contributed by atoms with E-state index in [9.17, 15) is 0 Å². The second-order valence-corrected chi connectivity index (χ2v) is 4.69. The monoisotopic (exact) mass is 255 g/mol. The quantitative estimate of drug-likeness (QED) is 0.858. The molecule has 1 aliphatic heterocycles. The van der Waals surface area contributed by atoms with Crippen LogP contribution in [0.15, 0.2) is 48.5 Å². The molecule has 0 radical (unpaired) electrons. The van der Waals surface area contributed by atoms with Crippen LogP contribution in [-0.2, 0) is 11.2 Å². The summed E-state index contributed by atoms with van der Waals surface area (Å²) in [4.78, 5) is 0. The molecule has 2 N–H and O–H groups in total. The third kappa shape index (κ3) is 2.71. The van der Waals surface area contributed by atoms with Gasteiger partial charge in [-0.05, 0) is 41.8 Å². The van der Waals surface area contributed by atoms with E-state index in [1.807, 2.05) is 30.3 Å². The molecule has 0 saturated heterocycles. The van der Waals surface area contributed by atoms with Crippen LogP contribution in [0.25, 0.3) is 0 Å². The summed E-state index contributed by atoms with van der Waals surface area (Å²) in [7, 11) is 0. The minimum atomic E-state index is 0.0162. The molecule has 0 aliphatic carbocycles. The van der Waals surface area contributed by atoms with Crippen molar-refractivity contribution in [2.24, 2.45) is 0 Å². The number of hydrogen-bond donors (Lipinski definition) is 1. The van der Waals surface area contributed by atoms with E-state index in [1.165, 1.54) is 11.1 Å². The van der Waals surface area contributed by atoms with Crippen LogP contribution < -0.4 is 10.5 Å². The molecule has 0 spiro atoms. The highest BCUT2D eigenvalue weighted by molar-refractivity contribution is 5.41. The van der Waals surface area contributed by atoms with Gasteiger partial charge in [0, 0.05) is 5.69 Å². The van der Waals surface area contributed by atoms with Gasteiger partial charge in [-0.3, -0.25) is 0 Å². The van der Waals surface area contributed by atoms with Gasteiger partial charge < -0.3 is 15.2 Å². The number of rotatable bonds is 3. The Morgan fingerprint density at radius 2 is 1.89 bits per heavy atom. The molecule has 0 saturated carbocycles. The predicted molar refractivity (Wildman–Crippen MR) is 75.2 cm³/mol. The maximum absolute atomic E-state index is 5.80. The molecule has 1 unspecified atom stereocenters. The molecule has 0 bridgehead atoms. The minimum absolute atomic E-state index is 0.0162. The first-order chi connectivity index (χ1) is 9.33. The lowest BCUT2D eigenvalue weighted by Gasteiger charge is -2.26. The third-order valence-corrected chi connectivity index (χ3v) is 3.37. The number of fused-ring (bicyclic) bond motifs is 1. The van der Waals surface area contributed by atoms with E-state index in [-0.39, 0.29) is 6.10 Å². The van der Waals surface area contributed by atoms with Crippen molar-refractivity contribution in [1.29, 1.82) is 0 Å². The van der Waals surface area contributed by atoms with E-state index in [0.29, 0.717) is 6.61 Å². The number of nitrogens with two attached hydrogens (primary N) is 1. The van der Waals surface area contributed by atoms with Crippen molar-refractivity contribution in [2.75, 3.05) is 18.9 Å². The Hall–Kier alpha value is -2.00. The standard InChI is InChI=1S/C16H17NO2/c17-13-5-7-14(8-6-13)19-11-16-15-4-2-1-3-12(15)9-10-18-16/h1-8,16H,9-11,17H2. The van der Waals surface area contributed by atoms with Crippen molar-refractivity contribution in [1.82, 2.24) is 0 Å². The van der Waals surface area contributed by atoms with Gasteiger partial charge in [0.05, 0.1) is 6.61 Å². The average Bonchev–Trinajstić information content (AvgIpc) is 2.47. The Bertz CT molecular complexity index is 551. The van der Waals surface area contributed by atoms with Gasteiger partial charge in [-0.25, -0.2) is 0 Å². The van der Waals surface area contributed by atoms with Gasteiger partial charge in [0.2, 0.25) is 0 Å². The van der Waals surface area contributed by atoms with Crippen LogP contribution in [0.5, 0.6) is 5.75 Å². The summed E-state index contributed by atoms with van der Waals surface area (Å²) < 4.78 is 11.6. The summed E-state index contributed by atoms with van der Waals surface area (Å²) in [6.07, 6.45) is 0.997. The van der Waals surface area contributed by atoms with Crippen molar-refractivity contribution in [3.8, 4) is 5.75 Å². The van der Waals surface area contributed by atoms with E-state index in [1.54, 1.807) is 0 Å². The average molecular weight is 255 g/mol. The predicted octanol–water partition coefficient (Wildman–Crippen LogP) is 2.96. The number of anilines is 1. The van der Waals surface area contributed by atoms with Crippen LogP contribution in [0.2, 0.25) is 0 Å². The van der Waals surface area contributed by atoms with Gasteiger partial charge in [-0.2, -0.15) is 0 Å². The van der Waals surface area contributed by atoms with Gasteiger partial charge in [0.1, 0.15) is 18.5 Å². The molecule has 0 fully saturated rings. The minimum Gasteiger partial charge on any atom is -0.491 e. The van der Waals surface area contributed by atoms with Gasteiger partial charge in [-0.15, -0.1) is 0 Å². The Labute approximate surface area is 113 Å². The Balaban J connectivity index is 1.69. The lowest BCUT2D eigenvalue weighted by Crippen LogP contribution is -2.21. The van der Waals surface area contributed by atoms with Crippen LogP contribution >= 0.6 is 0 Å². The third-order valence-electron chi connectivity index (χ3n) is 3.37. The molecule has 19 heavy (non-hydrogen) atoms. The molecule has 3 rings (SSSR count). The molecule has 98 valence electrons. The first-order valence-electron chi connectivity index (χ1n) is 6.51. The second-order valence-electron chi connectivity index (χ2n) is 4.69. The maximum Gasteiger partial charge on any atom is 0.119 e. The van der Waals surface area contributed by atoms with Gasteiger partial charge in [0.15, 0.2) is 0 Å². The largest absolute Gasteiger partial charge is 0.491 e. The van der Waals surface area contributed by atoms with Crippen LogP contribution in [0.1, 0.15) is 17.2 Å². The summed E-state index contributed by atoms with van der Waals surface area (Å²) in [6, 6.07) is 15.8. The van der Waals surface area contributed by atoms with E-state index in [2.05, 4.69) is 18.2 Å². The van der Waals surface area contributed by atoms with Crippen molar-refractivity contribution in [3.05, 3.63) is 59.7 Å². The Morgan fingerprint density at radius 1 is 1.11 bits per heavy atom. The molecule has 1 atom stereocenters. The summed E-state index contributed by atoms with van der Waals surface area (Å²) >= 11 is 0. The molecule has 0 aromatic heterocycles. The molecule has 2 aromatic carbocycles. The van der Waals surface area contributed by atoms with Gasteiger partial charge in [0.25, 0.3) is 0 Å². The summed E-state index contributed by atoms with van der Waals surface area (Å²) in [5.41, 5.74) is 8.99. The maximum atomic E-state index is 5.80. The molecular weight excluding hydrogens is 238 g/mol. The smallest absolute Gasteiger partial charge is 0.119 e.